The second-order valence-corrected chi connectivity index (χ2v) is 5.68. The van der Waals surface area contributed by atoms with Crippen LogP contribution in [0.1, 0.15) is 20.8 Å². The van der Waals surface area contributed by atoms with Gasteiger partial charge in [-0.05, 0) is 54.7 Å². The molecule has 0 aliphatic rings. The second-order valence-electron chi connectivity index (χ2n) is 4.33. The van der Waals surface area contributed by atoms with E-state index in [2.05, 4.69) is 16.2 Å². The van der Waals surface area contributed by atoms with Gasteiger partial charge >= 0.3 is 0 Å². The van der Waals surface area contributed by atoms with Crippen molar-refractivity contribution in [2.45, 2.75) is 13.8 Å². The van der Waals surface area contributed by atoms with E-state index < -0.39 is 0 Å². The number of hydrogen-bond acceptors (Lipinski definition) is 3. The van der Waals surface area contributed by atoms with Gasteiger partial charge in [0, 0.05) is 5.69 Å². The number of amides is 1. The van der Waals surface area contributed by atoms with Crippen molar-refractivity contribution in [2.75, 3.05) is 5.32 Å². The van der Waals surface area contributed by atoms with Crippen molar-refractivity contribution in [1.82, 2.24) is 10.9 Å². The van der Waals surface area contributed by atoms with Crippen LogP contribution in [-0.2, 0) is 0 Å². The van der Waals surface area contributed by atoms with E-state index in [0.717, 1.165) is 16.8 Å². The van der Waals surface area contributed by atoms with Crippen molar-refractivity contribution in [2.24, 2.45) is 0 Å². The number of carbonyl (C=O) groups excluding carboxylic acids is 1. The van der Waals surface area contributed by atoms with Crippen molar-refractivity contribution >= 4 is 40.3 Å². The first-order valence-electron chi connectivity index (χ1n) is 6.04. The minimum absolute atomic E-state index is 0.204. The first-order valence-corrected chi connectivity index (χ1v) is 7.33. The number of benzene rings is 1. The predicted molar refractivity (Wildman–Crippen MR) is 87.1 cm³/mol. The summed E-state index contributed by atoms with van der Waals surface area (Å²) >= 11 is 6.53. The molecule has 4 nitrogen and oxygen atoms in total. The lowest BCUT2D eigenvalue weighted by Gasteiger charge is -2.13. The van der Waals surface area contributed by atoms with Crippen LogP contribution in [-0.4, -0.2) is 11.0 Å². The Morgan fingerprint density at radius 1 is 1.20 bits per heavy atom. The van der Waals surface area contributed by atoms with Gasteiger partial charge in [-0.3, -0.25) is 15.6 Å². The van der Waals surface area contributed by atoms with E-state index in [1.807, 2.05) is 43.5 Å². The predicted octanol–water partition coefficient (Wildman–Crippen LogP) is 3.00. The van der Waals surface area contributed by atoms with E-state index in [0.29, 0.717) is 9.99 Å². The molecule has 0 fully saturated rings. The molecule has 6 heteroatoms. The molecule has 1 heterocycles. The van der Waals surface area contributed by atoms with Gasteiger partial charge < -0.3 is 5.32 Å². The molecule has 1 aromatic carbocycles. The minimum Gasteiger partial charge on any atom is -0.331 e. The summed E-state index contributed by atoms with van der Waals surface area (Å²) in [5.41, 5.74) is 8.40. The number of aryl methyl sites for hydroxylation is 2. The molecule has 0 radical (unpaired) electrons. The van der Waals surface area contributed by atoms with Crippen molar-refractivity contribution in [3.8, 4) is 0 Å². The Kier molecular flexibility index (Phi) is 4.70. The fourth-order valence-corrected chi connectivity index (χ4v) is 2.39. The standard InChI is InChI=1S/C14H15N3OS2/c1-9-5-6-10(2)11(8-9)15-14(19)17-16-13(18)12-4-3-7-20-12/h3-8H,1-2H3,(H,16,18)(H2,15,17,19). The molecule has 1 amide bonds. The maximum absolute atomic E-state index is 11.7. The third-order valence-electron chi connectivity index (χ3n) is 2.68. The van der Waals surface area contributed by atoms with Gasteiger partial charge in [0.1, 0.15) is 0 Å². The lowest BCUT2D eigenvalue weighted by molar-refractivity contribution is 0.0948. The minimum atomic E-state index is -0.204. The number of thiocarbonyl (C=S) groups is 1. The molecule has 0 unspecified atom stereocenters. The number of hydrogen-bond donors (Lipinski definition) is 3. The van der Waals surface area contributed by atoms with Crippen LogP contribution in [0.2, 0.25) is 0 Å². The zero-order valence-electron chi connectivity index (χ0n) is 11.2. The molecule has 0 saturated heterocycles. The lowest BCUT2D eigenvalue weighted by Crippen LogP contribution is -2.43. The smallest absolute Gasteiger partial charge is 0.279 e. The topological polar surface area (TPSA) is 53.2 Å². The van der Waals surface area contributed by atoms with Crippen LogP contribution in [0.15, 0.2) is 35.7 Å². The first-order chi connectivity index (χ1) is 9.56. The Bertz CT molecular complexity index is 623. The molecule has 2 rings (SSSR count). The Morgan fingerprint density at radius 2 is 2.00 bits per heavy atom. The summed E-state index contributed by atoms with van der Waals surface area (Å²) in [6.07, 6.45) is 0. The molecular weight excluding hydrogens is 290 g/mol. The van der Waals surface area contributed by atoms with Crippen molar-refractivity contribution in [3.63, 3.8) is 0 Å². The van der Waals surface area contributed by atoms with E-state index in [4.69, 9.17) is 12.2 Å². The van der Waals surface area contributed by atoms with Crippen LogP contribution in [0.25, 0.3) is 0 Å². The number of anilines is 1. The summed E-state index contributed by atoms with van der Waals surface area (Å²) in [6.45, 7) is 4.01. The van der Waals surface area contributed by atoms with Gasteiger partial charge in [-0.1, -0.05) is 18.2 Å². The average Bonchev–Trinajstić information content (AvgIpc) is 2.94. The van der Waals surface area contributed by atoms with Crippen LogP contribution in [0, 0.1) is 13.8 Å². The zero-order valence-corrected chi connectivity index (χ0v) is 12.8. The van der Waals surface area contributed by atoms with E-state index >= 15 is 0 Å². The molecule has 0 aliphatic carbocycles. The SMILES string of the molecule is Cc1ccc(C)c(NC(=S)NNC(=O)c2cccs2)c1. The maximum Gasteiger partial charge on any atom is 0.279 e. The molecular formula is C14H15N3OS2. The fourth-order valence-electron chi connectivity index (χ4n) is 1.61. The van der Waals surface area contributed by atoms with Crippen LogP contribution >= 0.6 is 23.6 Å². The van der Waals surface area contributed by atoms with E-state index in [1.165, 1.54) is 11.3 Å². The van der Waals surface area contributed by atoms with E-state index in [-0.39, 0.29) is 5.91 Å². The highest BCUT2D eigenvalue weighted by Crippen LogP contribution is 2.16. The summed E-state index contributed by atoms with van der Waals surface area (Å²) in [6, 6.07) is 9.64. The lowest BCUT2D eigenvalue weighted by atomic mass is 10.1. The Hall–Kier alpha value is -1.92. The van der Waals surface area contributed by atoms with Gasteiger partial charge in [-0.2, -0.15) is 0 Å². The van der Waals surface area contributed by atoms with Crippen LogP contribution in [0.3, 0.4) is 0 Å². The highest BCUT2D eigenvalue weighted by atomic mass is 32.1. The number of rotatable bonds is 2. The summed E-state index contributed by atoms with van der Waals surface area (Å²) in [5.74, 6) is -0.204. The highest BCUT2D eigenvalue weighted by Gasteiger charge is 2.07. The molecule has 3 N–H and O–H groups in total. The summed E-state index contributed by atoms with van der Waals surface area (Å²) in [5, 5.41) is 5.26. The molecule has 0 aliphatic heterocycles. The second kappa shape index (κ2) is 6.49. The molecule has 0 atom stereocenters. The molecule has 0 saturated carbocycles. The largest absolute Gasteiger partial charge is 0.331 e. The van der Waals surface area contributed by atoms with Gasteiger partial charge in [0.05, 0.1) is 4.88 Å². The van der Waals surface area contributed by atoms with Crippen LogP contribution in [0.4, 0.5) is 5.69 Å². The van der Waals surface area contributed by atoms with E-state index in [9.17, 15) is 4.79 Å². The molecule has 0 spiro atoms. The summed E-state index contributed by atoms with van der Waals surface area (Å²) < 4.78 is 0. The van der Waals surface area contributed by atoms with Gasteiger partial charge in [0.15, 0.2) is 5.11 Å². The van der Waals surface area contributed by atoms with Crippen molar-refractivity contribution < 1.29 is 4.79 Å². The average molecular weight is 305 g/mol. The quantitative estimate of drug-likeness (QED) is 0.590. The molecule has 0 bridgehead atoms. The van der Waals surface area contributed by atoms with Crippen LogP contribution < -0.4 is 16.2 Å². The van der Waals surface area contributed by atoms with Crippen molar-refractivity contribution in [3.05, 3.63) is 51.7 Å². The van der Waals surface area contributed by atoms with Gasteiger partial charge in [-0.25, -0.2) is 0 Å². The third kappa shape index (κ3) is 3.79. The number of thiophene rings is 1. The number of nitrogens with one attached hydrogen (secondary N) is 3. The van der Waals surface area contributed by atoms with E-state index in [1.54, 1.807) is 6.07 Å². The Labute approximate surface area is 127 Å². The van der Waals surface area contributed by atoms with Gasteiger partial charge in [0.2, 0.25) is 0 Å². The third-order valence-corrected chi connectivity index (χ3v) is 3.75. The molecule has 2 aromatic rings. The van der Waals surface area contributed by atoms with Gasteiger partial charge in [0.25, 0.3) is 5.91 Å². The highest BCUT2D eigenvalue weighted by molar-refractivity contribution is 7.80. The summed E-state index contributed by atoms with van der Waals surface area (Å²) in [7, 11) is 0. The molecule has 1 aromatic heterocycles. The normalized spacial score (nSPS) is 9.90. The first kappa shape index (κ1) is 14.5. The van der Waals surface area contributed by atoms with Gasteiger partial charge in [-0.15, -0.1) is 11.3 Å². The fraction of sp³-hybridized carbons (Fsp3) is 0.143. The maximum atomic E-state index is 11.7. The zero-order chi connectivity index (χ0) is 14.5. The van der Waals surface area contributed by atoms with Crippen LogP contribution in [0.5, 0.6) is 0 Å². The Balaban J connectivity index is 1.90. The molecule has 20 heavy (non-hydrogen) atoms. The van der Waals surface area contributed by atoms with Crippen molar-refractivity contribution in [1.29, 1.82) is 0 Å². The summed E-state index contributed by atoms with van der Waals surface area (Å²) in [4.78, 5) is 12.4. The number of hydrazine groups is 1. The number of carbonyl (C=O) groups is 1. The molecule has 104 valence electrons. The Morgan fingerprint density at radius 3 is 2.70 bits per heavy atom. The monoisotopic (exact) mass is 305 g/mol.